The Morgan fingerprint density at radius 3 is 2.85 bits per heavy atom. The van der Waals surface area contributed by atoms with E-state index in [2.05, 4.69) is 20.4 Å². The molecule has 1 fully saturated rings. The number of H-pyrrole nitrogens is 2. The minimum atomic E-state index is -0.275. The summed E-state index contributed by atoms with van der Waals surface area (Å²) in [6.07, 6.45) is 4.76. The highest BCUT2D eigenvalue weighted by atomic mass is 16.2. The molecule has 1 saturated heterocycles. The molecule has 26 heavy (non-hydrogen) atoms. The molecule has 3 heterocycles. The number of piperidine rings is 1. The second-order valence-corrected chi connectivity index (χ2v) is 6.94. The van der Waals surface area contributed by atoms with Gasteiger partial charge in [0.1, 0.15) is 0 Å². The van der Waals surface area contributed by atoms with E-state index in [1.54, 1.807) is 18.2 Å². The maximum absolute atomic E-state index is 13.1. The Kier molecular flexibility index (Phi) is 4.28. The van der Waals surface area contributed by atoms with Crippen molar-refractivity contribution in [3.8, 4) is 0 Å². The molecule has 1 unspecified atom stereocenters. The summed E-state index contributed by atoms with van der Waals surface area (Å²) in [5.41, 5.74) is 2.33. The third-order valence-corrected chi connectivity index (χ3v) is 5.13. The number of carbonyl (C=O) groups excluding carboxylic acids is 1. The number of carbonyl (C=O) groups is 1. The molecule has 1 aliphatic heterocycles. The summed E-state index contributed by atoms with van der Waals surface area (Å²) in [7, 11) is 0. The lowest BCUT2D eigenvalue weighted by Gasteiger charge is -2.32. The zero-order chi connectivity index (χ0) is 18.1. The van der Waals surface area contributed by atoms with Crippen molar-refractivity contribution in [2.75, 3.05) is 13.1 Å². The molecule has 4 rings (SSSR count). The van der Waals surface area contributed by atoms with Crippen LogP contribution in [0.15, 0.2) is 35.3 Å². The summed E-state index contributed by atoms with van der Waals surface area (Å²) in [5, 5.41) is 14.7. The average molecular weight is 351 g/mol. The molecule has 2 N–H and O–H groups in total. The number of amides is 1. The van der Waals surface area contributed by atoms with Gasteiger partial charge in [-0.05, 0) is 43.7 Å². The summed E-state index contributed by atoms with van der Waals surface area (Å²) in [6.45, 7) is 3.44. The third kappa shape index (κ3) is 3.00. The number of aromatic nitrogens is 4. The number of likely N-dealkylation sites (tertiary alicyclic amines) is 1. The molecular weight excluding hydrogens is 330 g/mol. The topological polar surface area (TPSA) is 94.7 Å². The highest BCUT2D eigenvalue weighted by molar-refractivity contribution is 6.04. The first-order chi connectivity index (χ1) is 12.6. The van der Waals surface area contributed by atoms with Crippen LogP contribution >= 0.6 is 0 Å². The molecule has 1 atom stereocenters. The van der Waals surface area contributed by atoms with E-state index < -0.39 is 0 Å². The number of fused-ring (bicyclic) bond motifs is 1. The summed E-state index contributed by atoms with van der Waals surface area (Å²) < 4.78 is 0. The van der Waals surface area contributed by atoms with E-state index in [1.165, 1.54) is 0 Å². The first kappa shape index (κ1) is 16.5. The SMILES string of the molecule is Cc1cn[nH]c1CC1CCCN(C(=O)c2n[nH]c(=O)c3ccccc23)C1. The van der Waals surface area contributed by atoms with E-state index >= 15 is 0 Å². The van der Waals surface area contributed by atoms with E-state index in [1.807, 2.05) is 24.1 Å². The van der Waals surface area contributed by atoms with Gasteiger partial charge in [-0.2, -0.15) is 10.2 Å². The molecule has 0 spiro atoms. The Hall–Kier alpha value is -2.96. The number of hydrogen-bond donors (Lipinski definition) is 2. The van der Waals surface area contributed by atoms with Crippen LogP contribution in [-0.2, 0) is 6.42 Å². The minimum absolute atomic E-state index is 0.122. The molecule has 1 amide bonds. The Morgan fingerprint density at radius 1 is 1.27 bits per heavy atom. The number of rotatable bonds is 3. The fourth-order valence-corrected chi connectivity index (χ4v) is 3.71. The zero-order valence-electron chi connectivity index (χ0n) is 14.7. The molecule has 134 valence electrons. The predicted octanol–water partition coefficient (Wildman–Crippen LogP) is 2.05. The Morgan fingerprint density at radius 2 is 2.08 bits per heavy atom. The van der Waals surface area contributed by atoms with Crippen molar-refractivity contribution in [1.29, 1.82) is 0 Å². The van der Waals surface area contributed by atoms with E-state index in [9.17, 15) is 9.59 Å². The molecule has 1 aromatic carbocycles. The van der Waals surface area contributed by atoms with Gasteiger partial charge in [0.2, 0.25) is 0 Å². The molecule has 2 aromatic heterocycles. The summed E-state index contributed by atoms with van der Waals surface area (Å²) in [6, 6.07) is 7.10. The minimum Gasteiger partial charge on any atom is -0.337 e. The van der Waals surface area contributed by atoms with Crippen LogP contribution < -0.4 is 5.56 Å². The van der Waals surface area contributed by atoms with Crippen LogP contribution in [0.5, 0.6) is 0 Å². The van der Waals surface area contributed by atoms with E-state index in [-0.39, 0.29) is 11.5 Å². The molecule has 7 heteroatoms. The molecule has 0 bridgehead atoms. The van der Waals surface area contributed by atoms with E-state index in [4.69, 9.17) is 0 Å². The van der Waals surface area contributed by atoms with Gasteiger partial charge < -0.3 is 4.90 Å². The summed E-state index contributed by atoms with van der Waals surface area (Å²) in [5.74, 6) is 0.268. The Balaban J connectivity index is 1.58. The number of hydrogen-bond acceptors (Lipinski definition) is 4. The fourth-order valence-electron chi connectivity index (χ4n) is 3.71. The molecule has 3 aromatic rings. The van der Waals surface area contributed by atoms with Gasteiger partial charge in [0.15, 0.2) is 5.69 Å². The van der Waals surface area contributed by atoms with Gasteiger partial charge in [0.05, 0.1) is 11.6 Å². The highest BCUT2D eigenvalue weighted by Gasteiger charge is 2.27. The zero-order valence-corrected chi connectivity index (χ0v) is 14.7. The lowest BCUT2D eigenvalue weighted by atomic mass is 9.92. The van der Waals surface area contributed by atoms with Gasteiger partial charge >= 0.3 is 0 Å². The van der Waals surface area contributed by atoms with E-state index in [0.717, 1.165) is 30.5 Å². The van der Waals surface area contributed by atoms with Gasteiger partial charge in [0.25, 0.3) is 11.5 Å². The maximum atomic E-state index is 13.1. The van der Waals surface area contributed by atoms with Crippen LogP contribution in [0.2, 0.25) is 0 Å². The largest absolute Gasteiger partial charge is 0.337 e. The Bertz CT molecular complexity index is 1010. The van der Waals surface area contributed by atoms with Crippen LogP contribution in [-0.4, -0.2) is 44.3 Å². The van der Waals surface area contributed by atoms with Gasteiger partial charge in [-0.25, -0.2) is 5.10 Å². The molecule has 0 radical (unpaired) electrons. The van der Waals surface area contributed by atoms with Gasteiger partial charge in [-0.15, -0.1) is 0 Å². The van der Waals surface area contributed by atoms with Crippen molar-refractivity contribution in [1.82, 2.24) is 25.3 Å². The molecule has 1 aliphatic rings. The number of aryl methyl sites for hydroxylation is 1. The van der Waals surface area contributed by atoms with E-state index in [0.29, 0.717) is 35.5 Å². The van der Waals surface area contributed by atoms with Crippen molar-refractivity contribution in [2.24, 2.45) is 5.92 Å². The summed E-state index contributed by atoms with van der Waals surface area (Å²) in [4.78, 5) is 26.9. The van der Waals surface area contributed by atoms with Crippen molar-refractivity contribution in [3.63, 3.8) is 0 Å². The van der Waals surface area contributed by atoms with Crippen LogP contribution in [0, 0.1) is 12.8 Å². The molecule has 7 nitrogen and oxygen atoms in total. The van der Waals surface area contributed by atoms with Crippen molar-refractivity contribution in [2.45, 2.75) is 26.2 Å². The normalized spacial score (nSPS) is 17.6. The third-order valence-electron chi connectivity index (χ3n) is 5.13. The number of benzene rings is 1. The fraction of sp³-hybridized carbons (Fsp3) is 0.368. The first-order valence-electron chi connectivity index (χ1n) is 8.89. The van der Waals surface area contributed by atoms with Gasteiger partial charge in [-0.1, -0.05) is 18.2 Å². The lowest BCUT2D eigenvalue weighted by Crippen LogP contribution is -2.41. The Labute approximate surface area is 150 Å². The number of nitrogens with one attached hydrogen (secondary N) is 2. The first-order valence-corrected chi connectivity index (χ1v) is 8.89. The van der Waals surface area contributed by atoms with Gasteiger partial charge in [0, 0.05) is 24.2 Å². The lowest BCUT2D eigenvalue weighted by molar-refractivity contribution is 0.0668. The number of nitrogens with zero attached hydrogens (tertiary/aromatic N) is 3. The van der Waals surface area contributed by atoms with Crippen molar-refractivity contribution in [3.05, 3.63) is 57.8 Å². The smallest absolute Gasteiger partial charge is 0.274 e. The van der Waals surface area contributed by atoms with Gasteiger partial charge in [-0.3, -0.25) is 14.7 Å². The van der Waals surface area contributed by atoms with Crippen LogP contribution in [0.1, 0.15) is 34.6 Å². The van der Waals surface area contributed by atoms with Crippen molar-refractivity contribution < 1.29 is 4.79 Å². The quantitative estimate of drug-likeness (QED) is 0.755. The van der Waals surface area contributed by atoms with Crippen molar-refractivity contribution >= 4 is 16.7 Å². The van der Waals surface area contributed by atoms with Crippen LogP contribution in [0.3, 0.4) is 0 Å². The number of aromatic amines is 2. The second kappa shape index (κ2) is 6.74. The van der Waals surface area contributed by atoms with Crippen LogP contribution in [0.4, 0.5) is 0 Å². The molecule has 0 saturated carbocycles. The molecule has 0 aliphatic carbocycles. The molecular formula is C19H21N5O2. The van der Waals surface area contributed by atoms with Crippen LogP contribution in [0.25, 0.3) is 10.8 Å². The average Bonchev–Trinajstić information content (AvgIpc) is 3.07. The maximum Gasteiger partial charge on any atom is 0.274 e. The monoisotopic (exact) mass is 351 g/mol. The standard InChI is InChI=1S/C19H21N5O2/c1-12-10-20-21-16(12)9-13-5-4-8-24(11-13)19(26)17-14-6-2-3-7-15(14)18(25)23-22-17/h2-3,6-7,10,13H,4-5,8-9,11H2,1H3,(H,20,21)(H,23,25). The highest BCUT2D eigenvalue weighted by Crippen LogP contribution is 2.23. The predicted molar refractivity (Wildman–Crippen MR) is 98.0 cm³/mol. The summed E-state index contributed by atoms with van der Waals surface area (Å²) >= 11 is 0. The second-order valence-electron chi connectivity index (χ2n) is 6.94.